The van der Waals surface area contributed by atoms with Gasteiger partial charge in [-0.2, -0.15) is 0 Å². The molecule has 1 aromatic carbocycles. The van der Waals surface area contributed by atoms with Crippen molar-refractivity contribution in [3.8, 4) is 0 Å². The molecule has 2 aliphatic rings. The first-order chi connectivity index (χ1) is 18.6. The number of rotatable bonds is 9. The van der Waals surface area contributed by atoms with E-state index in [4.69, 9.17) is 0 Å². The molecule has 1 aliphatic heterocycles. The average Bonchev–Trinajstić information content (AvgIpc) is 2.90. The van der Waals surface area contributed by atoms with Gasteiger partial charge in [-0.1, -0.05) is 37.5 Å². The second-order valence-corrected chi connectivity index (χ2v) is 13.3. The van der Waals surface area contributed by atoms with Gasteiger partial charge >= 0.3 is 0 Å². The minimum absolute atomic E-state index is 0.0328. The largest absolute Gasteiger partial charge is 0.390 e. The van der Waals surface area contributed by atoms with E-state index in [1.54, 1.807) is 30.2 Å². The maximum atomic E-state index is 13.4. The third-order valence-corrected chi connectivity index (χ3v) is 9.07. The van der Waals surface area contributed by atoms with Gasteiger partial charge in [-0.25, -0.2) is 0 Å². The highest BCUT2D eigenvalue weighted by molar-refractivity contribution is 7.99. The van der Waals surface area contributed by atoms with Crippen LogP contribution in [0.15, 0.2) is 53.7 Å². The Morgan fingerprint density at radius 2 is 1.85 bits per heavy atom. The Balaban J connectivity index is 1.52. The maximum absolute atomic E-state index is 13.4. The number of hydrogen-bond acceptors (Lipinski definition) is 6. The number of aliphatic hydroxyl groups is 1. The van der Waals surface area contributed by atoms with Crippen LogP contribution >= 0.6 is 11.8 Å². The molecular weight excluding hydrogens is 508 g/mol. The van der Waals surface area contributed by atoms with Gasteiger partial charge in [-0.05, 0) is 76.1 Å². The van der Waals surface area contributed by atoms with Crippen LogP contribution in [-0.2, 0) is 4.79 Å². The lowest BCUT2D eigenvalue weighted by atomic mass is 9.72. The summed E-state index contributed by atoms with van der Waals surface area (Å²) in [7, 11) is 0. The number of hydrogen-bond donors (Lipinski definition) is 3. The van der Waals surface area contributed by atoms with Crippen LogP contribution in [0.4, 0.5) is 0 Å². The number of aryl methyl sites for hydroxylation is 1. The zero-order chi connectivity index (χ0) is 28.0. The van der Waals surface area contributed by atoms with Gasteiger partial charge < -0.3 is 15.7 Å². The Labute approximate surface area is 237 Å². The smallest absolute Gasteiger partial charge is 0.251 e. The topological polar surface area (TPSA) is 94.6 Å². The molecule has 1 aliphatic carbocycles. The fourth-order valence-electron chi connectivity index (χ4n) is 5.92. The predicted molar refractivity (Wildman–Crippen MR) is 157 cm³/mol. The van der Waals surface area contributed by atoms with Crippen LogP contribution in [0.3, 0.4) is 0 Å². The lowest BCUT2D eigenvalue weighted by molar-refractivity contribution is -0.132. The molecule has 1 saturated carbocycles. The third-order valence-electron chi connectivity index (χ3n) is 7.94. The van der Waals surface area contributed by atoms with Crippen LogP contribution in [0.1, 0.15) is 68.8 Å². The Morgan fingerprint density at radius 1 is 1.13 bits per heavy atom. The Bertz CT molecular complexity index is 1110. The van der Waals surface area contributed by atoms with Crippen LogP contribution in [0, 0.1) is 18.8 Å². The van der Waals surface area contributed by atoms with Crippen molar-refractivity contribution in [2.75, 3.05) is 18.8 Å². The predicted octanol–water partition coefficient (Wildman–Crippen LogP) is 4.44. The minimum atomic E-state index is -0.836. The van der Waals surface area contributed by atoms with Gasteiger partial charge in [0.2, 0.25) is 5.91 Å². The normalized spacial score (nSPS) is 23.4. The first-order valence-electron chi connectivity index (χ1n) is 14.2. The van der Waals surface area contributed by atoms with Crippen LogP contribution in [0.5, 0.6) is 0 Å². The van der Waals surface area contributed by atoms with E-state index in [2.05, 4.69) is 20.5 Å². The molecule has 8 heteroatoms. The number of carbonyl (C=O) groups is 2. The fourth-order valence-corrected chi connectivity index (χ4v) is 6.95. The number of benzene rings is 1. The number of likely N-dealkylation sites (tertiary alicyclic amines) is 1. The fraction of sp³-hybridized carbons (Fsp3) is 0.581. The summed E-state index contributed by atoms with van der Waals surface area (Å²) in [4.78, 5) is 34.1. The zero-order valence-electron chi connectivity index (χ0n) is 23.7. The van der Waals surface area contributed by atoms with Gasteiger partial charge in [-0.15, -0.1) is 11.8 Å². The van der Waals surface area contributed by atoms with Gasteiger partial charge in [0.15, 0.2) is 0 Å². The number of pyridine rings is 1. The van der Waals surface area contributed by atoms with Crippen molar-refractivity contribution in [1.29, 1.82) is 0 Å². The van der Waals surface area contributed by atoms with Crippen LogP contribution in [-0.4, -0.2) is 69.4 Å². The molecule has 2 heterocycles. The number of aliphatic hydroxyl groups excluding tert-OH is 1. The molecule has 212 valence electrons. The van der Waals surface area contributed by atoms with E-state index in [9.17, 15) is 14.7 Å². The van der Waals surface area contributed by atoms with Crippen molar-refractivity contribution in [2.45, 2.75) is 88.4 Å². The third kappa shape index (κ3) is 8.29. The number of aromatic nitrogens is 1. The molecule has 5 atom stereocenters. The van der Waals surface area contributed by atoms with Crippen LogP contribution < -0.4 is 10.6 Å². The number of amides is 2. The Kier molecular flexibility index (Phi) is 10.1. The standard InChI is InChI=1S/C31H44N4O3S/c1-21-17-32-15-14-25(21)29(37)33-26(20-39-24-12-6-5-7-13-24)28(36)19-35-18-23-11-9-8-10-22(23)16-27(35)30(38)34-31(2,3)4/h5-7,12-15,17,22-23,26-28,36H,8-11,16,18-20H2,1-4H3,(H,33,37)(H,34,38)/t22-,23+,26+,27-,28-/m0/s1. The summed E-state index contributed by atoms with van der Waals surface area (Å²) >= 11 is 1.61. The highest BCUT2D eigenvalue weighted by Gasteiger charge is 2.41. The van der Waals surface area contributed by atoms with E-state index in [-0.39, 0.29) is 23.4 Å². The highest BCUT2D eigenvalue weighted by Crippen LogP contribution is 2.39. The SMILES string of the molecule is Cc1cnccc1C(=O)N[C@H](CSc1ccccc1)[C@@H](O)CN1C[C@H]2CCCC[C@H]2C[C@H]1C(=O)NC(C)(C)C. The number of fused-ring (bicyclic) bond motifs is 1. The first kappa shape index (κ1) is 29.6. The summed E-state index contributed by atoms with van der Waals surface area (Å²) < 4.78 is 0. The molecule has 7 nitrogen and oxygen atoms in total. The molecule has 0 bridgehead atoms. The number of nitrogens with one attached hydrogen (secondary N) is 2. The summed E-state index contributed by atoms with van der Waals surface area (Å²) in [6, 6.07) is 10.9. The zero-order valence-corrected chi connectivity index (χ0v) is 24.5. The molecule has 1 aromatic heterocycles. The van der Waals surface area contributed by atoms with Crippen molar-refractivity contribution < 1.29 is 14.7 Å². The van der Waals surface area contributed by atoms with Crippen molar-refractivity contribution >= 4 is 23.6 Å². The summed E-state index contributed by atoms with van der Waals surface area (Å²) in [6.45, 7) is 9.01. The van der Waals surface area contributed by atoms with Gasteiger partial charge in [0.05, 0.1) is 18.2 Å². The van der Waals surface area contributed by atoms with Crippen LogP contribution in [0.25, 0.3) is 0 Å². The molecule has 3 N–H and O–H groups in total. The number of carbonyl (C=O) groups excluding carboxylic acids is 2. The van der Waals surface area contributed by atoms with E-state index in [0.717, 1.165) is 23.4 Å². The Hall–Kier alpha value is -2.42. The molecule has 0 unspecified atom stereocenters. The molecule has 4 rings (SSSR count). The highest BCUT2D eigenvalue weighted by atomic mass is 32.2. The molecular formula is C31H44N4O3S. The van der Waals surface area contributed by atoms with Gasteiger partial charge in [0.25, 0.3) is 5.91 Å². The van der Waals surface area contributed by atoms with E-state index >= 15 is 0 Å². The second-order valence-electron chi connectivity index (χ2n) is 12.2. The van der Waals surface area contributed by atoms with Gasteiger partial charge in [0.1, 0.15) is 0 Å². The molecule has 2 amide bonds. The van der Waals surface area contributed by atoms with E-state index < -0.39 is 12.1 Å². The second kappa shape index (κ2) is 13.3. The number of β-amino-alcohol motifs (C(OH)–C–C–N with tert-alkyl or cyclic N) is 1. The van der Waals surface area contributed by atoms with Gasteiger partial charge in [-0.3, -0.25) is 19.5 Å². The number of thioether (sulfide) groups is 1. The average molecular weight is 553 g/mol. The molecule has 0 radical (unpaired) electrons. The van der Waals surface area contributed by atoms with Crippen molar-refractivity contribution in [3.05, 3.63) is 59.9 Å². The van der Waals surface area contributed by atoms with E-state index in [1.807, 2.05) is 58.0 Å². The Morgan fingerprint density at radius 3 is 2.54 bits per heavy atom. The number of nitrogens with zero attached hydrogens (tertiary/aromatic N) is 2. The summed E-state index contributed by atoms with van der Waals surface area (Å²) in [6.07, 6.45) is 8.09. The van der Waals surface area contributed by atoms with Gasteiger partial charge in [0, 0.05) is 47.2 Å². The molecule has 1 saturated heterocycles. The van der Waals surface area contributed by atoms with E-state index in [1.165, 1.54) is 25.7 Å². The molecule has 2 aromatic rings. The van der Waals surface area contributed by atoms with Crippen molar-refractivity contribution in [3.63, 3.8) is 0 Å². The lowest BCUT2D eigenvalue weighted by Gasteiger charge is -2.47. The lowest BCUT2D eigenvalue weighted by Crippen LogP contribution is -2.60. The van der Waals surface area contributed by atoms with E-state index in [0.29, 0.717) is 29.7 Å². The number of piperidine rings is 1. The maximum Gasteiger partial charge on any atom is 0.251 e. The summed E-state index contributed by atoms with van der Waals surface area (Å²) in [5, 5.41) is 17.9. The minimum Gasteiger partial charge on any atom is -0.390 e. The van der Waals surface area contributed by atoms with Crippen LogP contribution in [0.2, 0.25) is 0 Å². The van der Waals surface area contributed by atoms with Crippen molar-refractivity contribution in [2.24, 2.45) is 11.8 Å². The monoisotopic (exact) mass is 552 g/mol. The van der Waals surface area contributed by atoms with Crippen molar-refractivity contribution in [1.82, 2.24) is 20.5 Å². The summed E-state index contributed by atoms with van der Waals surface area (Å²) in [5.41, 5.74) is 1.02. The quantitative estimate of drug-likeness (QED) is 0.399. The first-order valence-corrected chi connectivity index (χ1v) is 15.2. The molecule has 2 fully saturated rings. The molecule has 39 heavy (non-hydrogen) atoms. The molecule has 0 spiro atoms. The summed E-state index contributed by atoms with van der Waals surface area (Å²) in [5.74, 6) is 1.43.